The predicted octanol–water partition coefficient (Wildman–Crippen LogP) is 5.23. The summed E-state index contributed by atoms with van der Waals surface area (Å²) < 4.78 is 40.2. The number of hydrogen-bond acceptors (Lipinski definition) is 7. The molecule has 3 fully saturated rings. The molecule has 0 amide bonds. The molecule has 8 nitrogen and oxygen atoms in total. The number of aliphatic hydroxyl groups excluding tert-OH is 1. The molecule has 43 heavy (non-hydrogen) atoms. The van der Waals surface area contributed by atoms with Gasteiger partial charge in [-0.2, -0.15) is 18.2 Å². The van der Waals surface area contributed by atoms with Gasteiger partial charge in [0.15, 0.2) is 0 Å². The van der Waals surface area contributed by atoms with E-state index in [1.54, 1.807) is 6.20 Å². The van der Waals surface area contributed by atoms with Gasteiger partial charge in [-0.05, 0) is 62.7 Å². The average molecular weight is 622 g/mol. The Morgan fingerprint density at radius 3 is 2.30 bits per heavy atom. The van der Waals surface area contributed by atoms with Gasteiger partial charge in [0.05, 0.1) is 12.5 Å². The number of hydrogen-bond donors (Lipinski definition) is 3. The number of piperidine rings is 1. The van der Waals surface area contributed by atoms with Crippen LogP contribution in [-0.2, 0) is 6.54 Å². The molecule has 1 aliphatic carbocycles. The van der Waals surface area contributed by atoms with Gasteiger partial charge in [0, 0.05) is 74.7 Å². The summed E-state index contributed by atoms with van der Waals surface area (Å²) in [6.45, 7) is 7.37. The summed E-state index contributed by atoms with van der Waals surface area (Å²) >= 11 is 0. The number of rotatable bonds is 8. The highest BCUT2D eigenvalue weighted by atomic mass is 35.5. The molecule has 0 unspecified atom stereocenters. The molecule has 0 radical (unpaired) electrons. The van der Waals surface area contributed by atoms with Crippen LogP contribution >= 0.6 is 12.4 Å². The molecule has 2 saturated heterocycles. The van der Waals surface area contributed by atoms with Gasteiger partial charge in [0.2, 0.25) is 5.95 Å². The number of alkyl halides is 3. The van der Waals surface area contributed by atoms with Gasteiger partial charge in [-0.25, -0.2) is 4.98 Å². The van der Waals surface area contributed by atoms with Crippen molar-refractivity contribution >= 4 is 29.4 Å². The Kier molecular flexibility index (Phi) is 10.5. The van der Waals surface area contributed by atoms with Gasteiger partial charge in [0.1, 0.15) is 5.65 Å². The highest BCUT2D eigenvalue weighted by molar-refractivity contribution is 5.94. The SMILES string of the molecule is Cl.O[C@H]1CC[C@H](n2cc(-c3ccc(CN4CCN(C5CCNCC5)CC4)cc3)c3cnc(NCCC(F)(F)F)nc32)CC1. The summed E-state index contributed by atoms with van der Waals surface area (Å²) in [4.78, 5) is 14.2. The van der Waals surface area contributed by atoms with E-state index in [0.29, 0.717) is 5.65 Å². The van der Waals surface area contributed by atoms with E-state index in [0.717, 1.165) is 94.1 Å². The second kappa shape index (κ2) is 14.1. The van der Waals surface area contributed by atoms with Crippen LogP contribution in [0, 0.1) is 0 Å². The Morgan fingerprint density at radius 2 is 1.63 bits per heavy atom. The molecule has 12 heteroatoms. The summed E-state index contributed by atoms with van der Waals surface area (Å²) in [5.74, 6) is 0.198. The van der Waals surface area contributed by atoms with Gasteiger partial charge < -0.3 is 20.3 Å². The maximum absolute atomic E-state index is 12.7. The molecular formula is C31H43ClF3N7O. The Balaban J connectivity index is 0.00000368. The van der Waals surface area contributed by atoms with Crippen molar-refractivity contribution in [2.75, 3.05) is 51.1 Å². The normalized spacial score (nSPS) is 22.9. The van der Waals surface area contributed by atoms with E-state index >= 15 is 0 Å². The molecule has 1 saturated carbocycles. The lowest BCUT2D eigenvalue weighted by Gasteiger charge is -2.40. The number of piperazine rings is 1. The quantitative estimate of drug-likeness (QED) is 0.318. The monoisotopic (exact) mass is 621 g/mol. The number of nitrogens with zero attached hydrogens (tertiary/aromatic N) is 5. The molecule has 0 atom stereocenters. The minimum absolute atomic E-state index is 0. The van der Waals surface area contributed by atoms with Crippen molar-refractivity contribution < 1.29 is 18.3 Å². The summed E-state index contributed by atoms with van der Waals surface area (Å²) in [6, 6.07) is 9.60. The zero-order chi connectivity index (χ0) is 29.1. The smallest absolute Gasteiger partial charge is 0.390 e. The lowest BCUT2D eigenvalue weighted by atomic mass is 9.93. The number of aliphatic hydroxyl groups is 1. The minimum atomic E-state index is -4.24. The first kappa shape index (κ1) is 32.0. The van der Waals surface area contributed by atoms with E-state index in [1.165, 1.54) is 18.4 Å². The number of fused-ring (bicyclic) bond motifs is 1. The van der Waals surface area contributed by atoms with Crippen LogP contribution in [0.1, 0.15) is 56.6 Å². The average Bonchev–Trinajstić information content (AvgIpc) is 3.37. The van der Waals surface area contributed by atoms with Crippen molar-refractivity contribution in [1.29, 1.82) is 0 Å². The second-order valence-electron chi connectivity index (χ2n) is 12.1. The predicted molar refractivity (Wildman–Crippen MR) is 166 cm³/mol. The zero-order valence-corrected chi connectivity index (χ0v) is 25.3. The first-order valence-corrected chi connectivity index (χ1v) is 15.4. The maximum Gasteiger partial charge on any atom is 0.390 e. The molecule has 236 valence electrons. The van der Waals surface area contributed by atoms with Crippen molar-refractivity contribution in [2.45, 2.75) is 75.9 Å². The lowest BCUT2D eigenvalue weighted by Crippen LogP contribution is -2.52. The topological polar surface area (TPSA) is 81.5 Å². The van der Waals surface area contributed by atoms with Crippen LogP contribution in [0.2, 0.25) is 0 Å². The lowest BCUT2D eigenvalue weighted by molar-refractivity contribution is -0.131. The minimum Gasteiger partial charge on any atom is -0.393 e. The Bertz CT molecular complexity index is 1310. The number of aromatic nitrogens is 3. The van der Waals surface area contributed by atoms with E-state index in [4.69, 9.17) is 0 Å². The van der Waals surface area contributed by atoms with Crippen molar-refractivity contribution in [3.05, 3.63) is 42.2 Å². The van der Waals surface area contributed by atoms with E-state index in [-0.39, 0.29) is 37.0 Å². The Labute approximate surface area is 257 Å². The van der Waals surface area contributed by atoms with Crippen LogP contribution in [0.15, 0.2) is 36.7 Å². The molecule has 2 aliphatic heterocycles. The molecular weight excluding hydrogens is 579 g/mol. The maximum atomic E-state index is 12.7. The molecule has 3 aliphatic rings. The summed E-state index contributed by atoms with van der Waals surface area (Å²) in [7, 11) is 0. The van der Waals surface area contributed by atoms with Crippen LogP contribution in [0.25, 0.3) is 22.2 Å². The standard InChI is InChI=1S/C31H42F3N7O.ClH/c32-31(33,34)11-14-36-30-37-19-27-28(21-41(29(27)38-30)25-5-7-26(42)8-6-25)23-3-1-22(2-4-23)20-39-15-17-40(18-16-39)24-9-12-35-13-10-24;/h1-4,19,21,24-26,35,42H,5-18,20H2,(H,36,37,38);1H/t25-,26-;. The third kappa shape index (κ3) is 7.99. The van der Waals surface area contributed by atoms with Crippen molar-refractivity contribution in [2.24, 2.45) is 0 Å². The molecule has 4 heterocycles. The number of halogens is 4. The molecule has 6 rings (SSSR count). The first-order chi connectivity index (χ1) is 20.3. The molecule has 3 aromatic rings. The van der Waals surface area contributed by atoms with Crippen LogP contribution in [0.4, 0.5) is 19.1 Å². The molecule has 2 aromatic heterocycles. The molecule has 0 bridgehead atoms. The first-order valence-electron chi connectivity index (χ1n) is 15.4. The van der Waals surface area contributed by atoms with Gasteiger partial charge in [-0.1, -0.05) is 24.3 Å². The largest absolute Gasteiger partial charge is 0.393 e. The van der Waals surface area contributed by atoms with Gasteiger partial charge in [-0.3, -0.25) is 9.80 Å². The fourth-order valence-corrected chi connectivity index (χ4v) is 6.78. The number of anilines is 1. The zero-order valence-electron chi connectivity index (χ0n) is 24.5. The molecule has 0 spiro atoms. The highest BCUT2D eigenvalue weighted by Gasteiger charge is 2.28. The van der Waals surface area contributed by atoms with Crippen LogP contribution in [-0.4, -0.2) is 93.6 Å². The summed E-state index contributed by atoms with van der Waals surface area (Å²) in [5.41, 5.74) is 4.08. The van der Waals surface area contributed by atoms with Crippen LogP contribution < -0.4 is 10.6 Å². The van der Waals surface area contributed by atoms with Crippen LogP contribution in [0.3, 0.4) is 0 Å². The van der Waals surface area contributed by atoms with E-state index < -0.39 is 12.6 Å². The van der Waals surface area contributed by atoms with Crippen LogP contribution in [0.5, 0.6) is 0 Å². The third-order valence-corrected chi connectivity index (χ3v) is 9.23. The fraction of sp³-hybridized carbons (Fsp3) is 0.613. The Morgan fingerprint density at radius 1 is 0.930 bits per heavy atom. The van der Waals surface area contributed by atoms with Gasteiger partial charge >= 0.3 is 6.18 Å². The van der Waals surface area contributed by atoms with Gasteiger partial charge in [0.25, 0.3) is 0 Å². The summed E-state index contributed by atoms with van der Waals surface area (Å²) in [5, 5.41) is 17.1. The number of benzene rings is 1. The number of nitrogens with one attached hydrogen (secondary N) is 2. The van der Waals surface area contributed by atoms with Crippen molar-refractivity contribution in [1.82, 2.24) is 29.7 Å². The molecule has 1 aromatic carbocycles. The Hall–Kier alpha value is -2.44. The second-order valence-corrected chi connectivity index (χ2v) is 12.1. The van der Waals surface area contributed by atoms with E-state index in [2.05, 4.69) is 65.4 Å². The fourth-order valence-electron chi connectivity index (χ4n) is 6.78. The third-order valence-electron chi connectivity index (χ3n) is 9.23. The summed E-state index contributed by atoms with van der Waals surface area (Å²) in [6.07, 6.45) is 3.98. The molecule has 3 N–H and O–H groups in total. The van der Waals surface area contributed by atoms with E-state index in [1.807, 2.05) is 0 Å². The highest BCUT2D eigenvalue weighted by Crippen LogP contribution is 2.37. The van der Waals surface area contributed by atoms with Crippen molar-refractivity contribution in [3.63, 3.8) is 0 Å². The van der Waals surface area contributed by atoms with Crippen molar-refractivity contribution in [3.8, 4) is 11.1 Å². The van der Waals surface area contributed by atoms with E-state index in [9.17, 15) is 18.3 Å². The van der Waals surface area contributed by atoms with Gasteiger partial charge in [-0.15, -0.1) is 12.4 Å².